The second-order valence-electron chi connectivity index (χ2n) is 4.25. The van der Waals surface area contributed by atoms with Crippen molar-refractivity contribution in [3.63, 3.8) is 0 Å². The maximum Gasteiger partial charge on any atom is 0.187 e. The number of nitrogens with zero attached hydrogens (tertiary/aromatic N) is 1. The van der Waals surface area contributed by atoms with E-state index in [2.05, 4.69) is 5.16 Å². The van der Waals surface area contributed by atoms with Gasteiger partial charge in [0.2, 0.25) is 0 Å². The minimum atomic E-state index is -0.727. The fourth-order valence-corrected chi connectivity index (χ4v) is 2.81. The Morgan fingerprint density at radius 1 is 1.29 bits per heavy atom. The van der Waals surface area contributed by atoms with Gasteiger partial charge in [-0.2, -0.15) is 0 Å². The third-order valence-corrected chi connectivity index (χ3v) is 3.86. The standard InChI is InChI=1S/C14H10F2N2O2S/c1-19-8-5-11(21-6-8)13-12(14(17)18-20-13)9-3-2-7(15)4-10(9)16/h2-6H,1H3,(H2,17,18). The van der Waals surface area contributed by atoms with Gasteiger partial charge in [-0.1, -0.05) is 5.16 Å². The molecule has 2 aromatic heterocycles. The minimum Gasteiger partial charge on any atom is -0.496 e. The molecule has 3 rings (SSSR count). The molecule has 0 aliphatic carbocycles. The van der Waals surface area contributed by atoms with E-state index >= 15 is 0 Å². The average molecular weight is 308 g/mol. The number of aromatic nitrogens is 1. The molecule has 0 saturated carbocycles. The van der Waals surface area contributed by atoms with Crippen LogP contribution in [0.3, 0.4) is 0 Å². The number of methoxy groups -OCH3 is 1. The molecule has 7 heteroatoms. The van der Waals surface area contributed by atoms with Crippen molar-refractivity contribution in [2.75, 3.05) is 12.8 Å². The van der Waals surface area contributed by atoms with Crippen LogP contribution in [-0.2, 0) is 0 Å². The fraction of sp³-hybridized carbons (Fsp3) is 0.0714. The van der Waals surface area contributed by atoms with E-state index < -0.39 is 11.6 Å². The number of halogens is 2. The summed E-state index contributed by atoms with van der Waals surface area (Å²) in [5, 5.41) is 5.45. The molecule has 0 aliphatic heterocycles. The fourth-order valence-electron chi connectivity index (χ4n) is 1.97. The summed E-state index contributed by atoms with van der Waals surface area (Å²) in [5.74, 6) is -0.370. The molecule has 2 N–H and O–H groups in total. The van der Waals surface area contributed by atoms with E-state index in [4.69, 9.17) is 15.0 Å². The SMILES string of the molecule is COc1csc(-c2onc(N)c2-c2ccc(F)cc2F)c1. The van der Waals surface area contributed by atoms with Gasteiger partial charge in [-0.05, 0) is 12.1 Å². The second kappa shape index (κ2) is 5.17. The number of thiophene rings is 1. The monoisotopic (exact) mass is 308 g/mol. The smallest absolute Gasteiger partial charge is 0.187 e. The van der Waals surface area contributed by atoms with Crippen LogP contribution >= 0.6 is 11.3 Å². The molecule has 4 nitrogen and oxygen atoms in total. The lowest BCUT2D eigenvalue weighted by Crippen LogP contribution is -1.92. The van der Waals surface area contributed by atoms with Gasteiger partial charge in [-0.3, -0.25) is 0 Å². The summed E-state index contributed by atoms with van der Waals surface area (Å²) in [6.45, 7) is 0. The first kappa shape index (κ1) is 13.6. The molecule has 0 bridgehead atoms. The first-order valence-electron chi connectivity index (χ1n) is 5.93. The summed E-state index contributed by atoms with van der Waals surface area (Å²) in [5.41, 5.74) is 6.20. The van der Waals surface area contributed by atoms with E-state index in [1.54, 1.807) is 18.6 Å². The highest BCUT2D eigenvalue weighted by Gasteiger charge is 2.22. The first-order chi connectivity index (χ1) is 10.1. The molecule has 108 valence electrons. The van der Waals surface area contributed by atoms with E-state index in [0.29, 0.717) is 22.0 Å². The highest BCUT2D eigenvalue weighted by molar-refractivity contribution is 7.13. The number of nitrogen functional groups attached to an aromatic ring is 1. The van der Waals surface area contributed by atoms with Crippen LogP contribution in [0.2, 0.25) is 0 Å². The number of nitrogens with two attached hydrogens (primary N) is 1. The summed E-state index contributed by atoms with van der Waals surface area (Å²) in [7, 11) is 1.54. The number of ether oxygens (including phenoxy) is 1. The van der Waals surface area contributed by atoms with Crippen LogP contribution in [0.25, 0.3) is 21.8 Å². The Hall–Kier alpha value is -2.41. The summed E-state index contributed by atoms with van der Waals surface area (Å²) >= 11 is 1.35. The molecule has 0 radical (unpaired) electrons. The number of hydrogen-bond acceptors (Lipinski definition) is 5. The maximum atomic E-state index is 14.0. The van der Waals surface area contributed by atoms with Crippen molar-refractivity contribution in [1.82, 2.24) is 5.16 Å². The van der Waals surface area contributed by atoms with Crippen LogP contribution in [0.1, 0.15) is 0 Å². The molecular formula is C14H10F2N2O2S. The van der Waals surface area contributed by atoms with Crippen molar-refractivity contribution in [3.05, 3.63) is 41.3 Å². The Labute approximate surface area is 122 Å². The summed E-state index contributed by atoms with van der Waals surface area (Å²) < 4.78 is 37.3. The molecule has 0 aliphatic rings. The Kier molecular flexibility index (Phi) is 3.34. The predicted molar refractivity (Wildman–Crippen MR) is 76.1 cm³/mol. The van der Waals surface area contributed by atoms with E-state index in [1.165, 1.54) is 17.4 Å². The highest BCUT2D eigenvalue weighted by Crippen LogP contribution is 2.41. The van der Waals surface area contributed by atoms with Crippen molar-refractivity contribution < 1.29 is 18.0 Å². The first-order valence-corrected chi connectivity index (χ1v) is 6.81. The number of benzene rings is 1. The average Bonchev–Trinajstić information content (AvgIpc) is 3.06. The zero-order chi connectivity index (χ0) is 15.0. The Morgan fingerprint density at radius 3 is 2.76 bits per heavy atom. The van der Waals surface area contributed by atoms with Gasteiger partial charge in [0.1, 0.15) is 17.4 Å². The lowest BCUT2D eigenvalue weighted by Gasteiger charge is -2.03. The largest absolute Gasteiger partial charge is 0.496 e. The summed E-state index contributed by atoms with van der Waals surface area (Å²) in [4.78, 5) is 0.690. The van der Waals surface area contributed by atoms with Gasteiger partial charge in [-0.15, -0.1) is 11.3 Å². The number of anilines is 1. The normalized spacial score (nSPS) is 10.8. The van der Waals surface area contributed by atoms with Gasteiger partial charge in [0.25, 0.3) is 0 Å². The molecule has 0 unspecified atom stereocenters. The van der Waals surface area contributed by atoms with E-state index in [0.717, 1.165) is 12.1 Å². The lowest BCUT2D eigenvalue weighted by molar-refractivity contribution is 0.416. The predicted octanol–water partition coefficient (Wildman–Crippen LogP) is 3.94. The number of rotatable bonds is 3. The van der Waals surface area contributed by atoms with Crippen molar-refractivity contribution in [3.8, 4) is 27.5 Å². The van der Waals surface area contributed by atoms with Gasteiger partial charge in [0.15, 0.2) is 11.6 Å². The molecule has 0 saturated heterocycles. The summed E-state index contributed by atoms with van der Waals surface area (Å²) in [6.07, 6.45) is 0. The van der Waals surface area contributed by atoms with Crippen LogP contribution in [0.15, 0.2) is 34.2 Å². The van der Waals surface area contributed by atoms with Gasteiger partial charge in [0.05, 0.1) is 17.6 Å². The Balaban J connectivity index is 2.17. The molecule has 3 aromatic rings. The minimum absolute atomic E-state index is 0.0443. The molecule has 0 fully saturated rings. The molecule has 0 spiro atoms. The van der Waals surface area contributed by atoms with Crippen LogP contribution in [0, 0.1) is 11.6 Å². The summed E-state index contributed by atoms with van der Waals surface area (Å²) in [6, 6.07) is 4.99. The molecule has 0 atom stereocenters. The molecule has 1 aromatic carbocycles. The maximum absolute atomic E-state index is 14.0. The Morgan fingerprint density at radius 2 is 2.10 bits per heavy atom. The topological polar surface area (TPSA) is 61.3 Å². The molecule has 2 heterocycles. The zero-order valence-corrected chi connectivity index (χ0v) is 11.7. The lowest BCUT2D eigenvalue weighted by atomic mass is 10.0. The van der Waals surface area contributed by atoms with Gasteiger partial charge >= 0.3 is 0 Å². The van der Waals surface area contributed by atoms with Crippen LogP contribution in [-0.4, -0.2) is 12.3 Å². The van der Waals surface area contributed by atoms with Gasteiger partial charge < -0.3 is 15.0 Å². The third kappa shape index (κ3) is 2.36. The van der Waals surface area contributed by atoms with E-state index in [9.17, 15) is 8.78 Å². The van der Waals surface area contributed by atoms with Gasteiger partial charge in [-0.25, -0.2) is 8.78 Å². The number of hydrogen-bond donors (Lipinski definition) is 1. The molecule has 21 heavy (non-hydrogen) atoms. The van der Waals surface area contributed by atoms with Crippen LogP contribution in [0.4, 0.5) is 14.6 Å². The van der Waals surface area contributed by atoms with E-state index in [1.807, 2.05) is 0 Å². The van der Waals surface area contributed by atoms with Crippen molar-refractivity contribution in [2.24, 2.45) is 0 Å². The van der Waals surface area contributed by atoms with Crippen molar-refractivity contribution in [2.45, 2.75) is 0 Å². The zero-order valence-electron chi connectivity index (χ0n) is 10.9. The van der Waals surface area contributed by atoms with Crippen molar-refractivity contribution >= 4 is 17.2 Å². The van der Waals surface area contributed by atoms with Crippen LogP contribution in [0.5, 0.6) is 5.75 Å². The van der Waals surface area contributed by atoms with E-state index in [-0.39, 0.29) is 11.4 Å². The van der Waals surface area contributed by atoms with Gasteiger partial charge in [0, 0.05) is 23.1 Å². The third-order valence-electron chi connectivity index (χ3n) is 2.95. The van der Waals surface area contributed by atoms with Crippen molar-refractivity contribution in [1.29, 1.82) is 0 Å². The highest BCUT2D eigenvalue weighted by atomic mass is 32.1. The quantitative estimate of drug-likeness (QED) is 0.796. The Bertz CT molecular complexity index is 798. The molecular weight excluding hydrogens is 298 g/mol. The second-order valence-corrected chi connectivity index (χ2v) is 5.16. The molecule has 0 amide bonds. The van der Waals surface area contributed by atoms with Crippen LogP contribution < -0.4 is 10.5 Å².